The van der Waals surface area contributed by atoms with Gasteiger partial charge in [0.2, 0.25) is 10.0 Å². The molecule has 0 bridgehead atoms. The smallest absolute Gasteiger partial charge is 0.309 e. The van der Waals surface area contributed by atoms with Crippen LogP contribution in [0.4, 0.5) is 4.39 Å². The van der Waals surface area contributed by atoms with Crippen molar-refractivity contribution in [3.8, 4) is 0 Å². The van der Waals surface area contributed by atoms with Gasteiger partial charge in [-0.25, -0.2) is 12.8 Å². The zero-order chi connectivity index (χ0) is 23.7. The van der Waals surface area contributed by atoms with E-state index in [4.69, 9.17) is 0 Å². The summed E-state index contributed by atoms with van der Waals surface area (Å²) in [5.41, 5.74) is 1.17. The lowest BCUT2D eigenvalue weighted by Crippen LogP contribution is -2.46. The van der Waals surface area contributed by atoms with Crippen molar-refractivity contribution in [2.24, 2.45) is 0 Å². The van der Waals surface area contributed by atoms with Crippen LogP contribution in [0.25, 0.3) is 0 Å². The van der Waals surface area contributed by atoms with Gasteiger partial charge in [0.1, 0.15) is 5.82 Å². The van der Waals surface area contributed by atoms with Gasteiger partial charge in [-0.05, 0) is 61.9 Å². The van der Waals surface area contributed by atoms with E-state index in [1.165, 1.54) is 22.0 Å². The lowest BCUT2D eigenvalue weighted by atomic mass is 10.0. The molecule has 1 atom stereocenters. The summed E-state index contributed by atoms with van der Waals surface area (Å²) >= 11 is 0. The van der Waals surface area contributed by atoms with Crippen LogP contribution in [-0.2, 0) is 26.0 Å². The second kappa shape index (κ2) is 11.9. The summed E-state index contributed by atoms with van der Waals surface area (Å²) in [6.45, 7) is 0.962. The molecule has 1 saturated heterocycles. The molecular weight excluding hydrogens is 445 g/mol. The third kappa shape index (κ3) is 7.10. The van der Waals surface area contributed by atoms with Crippen LogP contribution in [0.5, 0.6) is 0 Å². The van der Waals surface area contributed by atoms with E-state index in [0.29, 0.717) is 25.9 Å². The molecule has 1 aliphatic rings. The average molecular weight is 476 g/mol. The number of piperidine rings is 1. The van der Waals surface area contributed by atoms with Gasteiger partial charge in [-0.2, -0.15) is 4.31 Å². The Kier molecular flexibility index (Phi) is 8.96. The Morgan fingerprint density at radius 2 is 1.61 bits per heavy atom. The average Bonchev–Trinajstić information content (AvgIpc) is 2.83. The number of hydrogen-bond donors (Lipinski definition) is 2. The van der Waals surface area contributed by atoms with Gasteiger partial charge in [0.15, 0.2) is 0 Å². The molecule has 0 saturated carbocycles. The lowest BCUT2D eigenvalue weighted by molar-refractivity contribution is -0.139. The molecule has 2 N–H and O–H groups in total. The number of hydrogen-bond acceptors (Lipinski definition) is 4. The summed E-state index contributed by atoms with van der Waals surface area (Å²) in [5, 5.41) is 5.20. The van der Waals surface area contributed by atoms with Gasteiger partial charge in [-0.1, -0.05) is 36.8 Å². The minimum Gasteiger partial charge on any atom is -0.348 e. The monoisotopic (exact) mass is 475 g/mol. The van der Waals surface area contributed by atoms with E-state index in [0.717, 1.165) is 37.8 Å². The largest absolute Gasteiger partial charge is 0.348 e. The minimum absolute atomic E-state index is 0.0507. The number of aryl methyl sites for hydroxylation is 1. The minimum atomic E-state index is -3.76. The maximum absolute atomic E-state index is 13.2. The molecule has 2 amide bonds. The number of rotatable bonds is 9. The first-order valence-corrected chi connectivity index (χ1v) is 12.7. The summed E-state index contributed by atoms with van der Waals surface area (Å²) in [6.07, 6.45) is 4.23. The Labute approximate surface area is 194 Å². The van der Waals surface area contributed by atoms with Crippen LogP contribution >= 0.6 is 0 Å². The highest BCUT2D eigenvalue weighted by molar-refractivity contribution is 7.89. The van der Waals surface area contributed by atoms with E-state index < -0.39 is 27.7 Å². The zero-order valence-corrected chi connectivity index (χ0v) is 19.3. The molecule has 1 aliphatic heterocycles. The maximum Gasteiger partial charge on any atom is 0.309 e. The molecule has 0 aliphatic carbocycles. The van der Waals surface area contributed by atoms with Crippen molar-refractivity contribution in [3.63, 3.8) is 0 Å². The molecule has 3 rings (SSSR count). The van der Waals surface area contributed by atoms with E-state index in [2.05, 4.69) is 10.6 Å². The van der Waals surface area contributed by atoms with Gasteiger partial charge < -0.3 is 10.6 Å². The molecule has 9 heteroatoms. The Bertz CT molecular complexity index is 1030. The highest BCUT2D eigenvalue weighted by Crippen LogP contribution is 2.27. The second-order valence-corrected chi connectivity index (χ2v) is 10.00. The summed E-state index contributed by atoms with van der Waals surface area (Å²) in [4.78, 5) is 24.2. The second-order valence-electron chi connectivity index (χ2n) is 8.11. The van der Waals surface area contributed by atoms with Crippen molar-refractivity contribution in [3.05, 3.63) is 66.0 Å². The number of nitrogens with zero attached hydrogens (tertiary/aromatic N) is 1. The summed E-state index contributed by atoms with van der Waals surface area (Å²) in [6, 6.07) is 14.4. The predicted molar refractivity (Wildman–Crippen MR) is 123 cm³/mol. The van der Waals surface area contributed by atoms with Gasteiger partial charge in [-0.15, -0.1) is 0 Å². The summed E-state index contributed by atoms with van der Waals surface area (Å²) in [5.74, 6) is -1.91. The number of halogens is 1. The van der Waals surface area contributed by atoms with Gasteiger partial charge >= 0.3 is 11.8 Å². The number of carbonyl (C=O) groups is 2. The summed E-state index contributed by atoms with van der Waals surface area (Å²) < 4.78 is 40.7. The molecule has 0 unspecified atom stereocenters. The van der Waals surface area contributed by atoms with Crippen molar-refractivity contribution in [1.29, 1.82) is 0 Å². The lowest BCUT2D eigenvalue weighted by Gasteiger charge is -2.34. The predicted octanol–water partition coefficient (Wildman–Crippen LogP) is 2.62. The van der Waals surface area contributed by atoms with Crippen LogP contribution in [0.2, 0.25) is 0 Å². The molecule has 2 aromatic carbocycles. The molecule has 0 aromatic heterocycles. The van der Waals surface area contributed by atoms with Gasteiger partial charge in [0.25, 0.3) is 0 Å². The van der Waals surface area contributed by atoms with E-state index >= 15 is 0 Å². The van der Waals surface area contributed by atoms with Crippen LogP contribution in [0.3, 0.4) is 0 Å². The van der Waals surface area contributed by atoms with Crippen LogP contribution in [-0.4, -0.2) is 50.2 Å². The Hall–Kier alpha value is -2.78. The Morgan fingerprint density at radius 1 is 0.939 bits per heavy atom. The molecule has 1 heterocycles. The maximum atomic E-state index is 13.2. The molecule has 7 nitrogen and oxygen atoms in total. The number of nitrogens with one attached hydrogen (secondary N) is 2. The number of sulfonamides is 1. The van der Waals surface area contributed by atoms with Crippen molar-refractivity contribution >= 4 is 21.8 Å². The highest BCUT2D eigenvalue weighted by atomic mass is 32.2. The van der Waals surface area contributed by atoms with Crippen LogP contribution in [0.1, 0.15) is 37.7 Å². The molecule has 1 fully saturated rings. The van der Waals surface area contributed by atoms with Crippen LogP contribution < -0.4 is 10.6 Å². The number of benzene rings is 2. The number of carbonyl (C=O) groups excluding carboxylic acids is 2. The zero-order valence-electron chi connectivity index (χ0n) is 18.5. The first kappa shape index (κ1) is 24.9. The van der Waals surface area contributed by atoms with Crippen molar-refractivity contribution in [2.45, 2.75) is 49.5 Å². The van der Waals surface area contributed by atoms with Gasteiger partial charge in [0, 0.05) is 25.7 Å². The summed E-state index contributed by atoms with van der Waals surface area (Å²) in [7, 11) is -3.76. The van der Waals surface area contributed by atoms with Crippen molar-refractivity contribution < 1.29 is 22.4 Å². The molecule has 0 radical (unpaired) electrons. The quantitative estimate of drug-likeness (QED) is 0.431. The van der Waals surface area contributed by atoms with Gasteiger partial charge in [-0.3, -0.25) is 9.59 Å². The van der Waals surface area contributed by atoms with Crippen LogP contribution in [0.15, 0.2) is 59.5 Å². The third-order valence-electron chi connectivity index (χ3n) is 5.73. The first-order chi connectivity index (χ1) is 15.9. The van der Waals surface area contributed by atoms with E-state index in [-0.39, 0.29) is 17.5 Å². The molecule has 178 valence electrons. The van der Waals surface area contributed by atoms with E-state index in [1.807, 2.05) is 30.3 Å². The number of amides is 2. The normalized spacial score (nSPS) is 16.8. The fourth-order valence-corrected chi connectivity index (χ4v) is 5.70. The fourth-order valence-electron chi connectivity index (χ4n) is 3.97. The third-order valence-corrected chi connectivity index (χ3v) is 7.70. The Morgan fingerprint density at radius 3 is 2.30 bits per heavy atom. The molecule has 2 aromatic rings. The topological polar surface area (TPSA) is 95.6 Å². The Balaban J connectivity index is 1.44. The fraction of sp³-hybridized carbons (Fsp3) is 0.417. The standard InChI is InChI=1S/C24H30FN3O4S/c25-20-11-13-22(14-12-20)33(31,32)28-18-5-4-10-21(28)15-17-27-24(30)23(29)26-16-6-9-19-7-2-1-3-8-19/h1-3,7-8,11-14,21H,4-6,9-10,15-18H2,(H,26,29)(H,27,30)/t21-/m1/s1. The molecular formula is C24H30FN3O4S. The molecule has 0 spiro atoms. The van der Waals surface area contributed by atoms with Crippen molar-refractivity contribution in [2.75, 3.05) is 19.6 Å². The molecule has 33 heavy (non-hydrogen) atoms. The SMILES string of the molecule is O=C(NCCCc1ccccc1)C(=O)NCC[C@H]1CCCCN1S(=O)(=O)c1ccc(F)cc1. The van der Waals surface area contributed by atoms with E-state index in [9.17, 15) is 22.4 Å². The highest BCUT2D eigenvalue weighted by Gasteiger charge is 2.33. The first-order valence-electron chi connectivity index (χ1n) is 11.3. The van der Waals surface area contributed by atoms with Crippen LogP contribution in [0, 0.1) is 5.82 Å². The van der Waals surface area contributed by atoms with E-state index in [1.54, 1.807) is 0 Å². The van der Waals surface area contributed by atoms with Gasteiger partial charge in [0.05, 0.1) is 4.90 Å². The van der Waals surface area contributed by atoms with Crippen molar-refractivity contribution in [1.82, 2.24) is 14.9 Å².